The zero-order chi connectivity index (χ0) is 21.1. The van der Waals surface area contributed by atoms with Crippen molar-refractivity contribution in [2.45, 2.75) is 40.3 Å². The first-order valence-corrected chi connectivity index (χ1v) is 10.4. The van der Waals surface area contributed by atoms with Crippen molar-refractivity contribution >= 4 is 28.6 Å². The van der Waals surface area contributed by atoms with E-state index in [1.165, 1.54) is 0 Å². The average Bonchev–Trinajstić information content (AvgIpc) is 3.04. The van der Waals surface area contributed by atoms with Gasteiger partial charge in [-0.3, -0.25) is 4.68 Å². The Kier molecular flexibility index (Phi) is 6.05. The number of fused-ring (bicyclic) bond motifs is 1. The number of anilines is 3. The van der Waals surface area contributed by atoms with E-state index >= 15 is 0 Å². The molecule has 1 aliphatic rings. The third kappa shape index (κ3) is 4.34. The molecule has 2 N–H and O–H groups in total. The van der Waals surface area contributed by atoms with Gasteiger partial charge in [0, 0.05) is 44.0 Å². The zero-order valence-corrected chi connectivity index (χ0v) is 18.0. The Balaban J connectivity index is 1.78. The SMILES string of the molecule is CCOCCn1nc(C)c2nc(N3CCN[C@H](C)C3)nc(Nc3cc(C)ncn3)c21. The standard InChI is InChI=1S/C20H29N9O/c1-5-30-9-8-29-18-17(15(4)27-29)25-20(28-7-6-21-14(3)11-28)26-19(18)24-16-10-13(2)22-12-23-16/h10,12,14,21H,5-9,11H2,1-4H3,(H,22,23,24,25,26)/t14-/m1/s1. The molecule has 0 aromatic carbocycles. The number of aromatic nitrogens is 6. The van der Waals surface area contributed by atoms with Gasteiger partial charge in [-0.1, -0.05) is 0 Å². The molecular weight excluding hydrogens is 382 g/mol. The minimum Gasteiger partial charge on any atom is -0.380 e. The highest BCUT2D eigenvalue weighted by Crippen LogP contribution is 2.28. The van der Waals surface area contributed by atoms with Gasteiger partial charge < -0.3 is 20.3 Å². The van der Waals surface area contributed by atoms with E-state index in [9.17, 15) is 0 Å². The van der Waals surface area contributed by atoms with Crippen LogP contribution in [0.25, 0.3) is 11.0 Å². The highest BCUT2D eigenvalue weighted by Gasteiger charge is 2.23. The second kappa shape index (κ2) is 8.88. The van der Waals surface area contributed by atoms with Crippen molar-refractivity contribution in [3.63, 3.8) is 0 Å². The Morgan fingerprint density at radius 1 is 1.27 bits per heavy atom. The summed E-state index contributed by atoms with van der Waals surface area (Å²) in [5.74, 6) is 2.09. The van der Waals surface area contributed by atoms with Gasteiger partial charge in [0.1, 0.15) is 23.2 Å². The molecule has 30 heavy (non-hydrogen) atoms. The summed E-state index contributed by atoms with van der Waals surface area (Å²) in [6, 6.07) is 2.28. The summed E-state index contributed by atoms with van der Waals surface area (Å²) in [6.07, 6.45) is 1.55. The van der Waals surface area contributed by atoms with E-state index in [-0.39, 0.29) is 0 Å². The number of aryl methyl sites for hydroxylation is 2. The predicted octanol–water partition coefficient (Wildman–Crippen LogP) is 1.81. The van der Waals surface area contributed by atoms with Crippen molar-refractivity contribution in [1.29, 1.82) is 0 Å². The normalized spacial score (nSPS) is 16.9. The fourth-order valence-corrected chi connectivity index (χ4v) is 3.66. The van der Waals surface area contributed by atoms with Gasteiger partial charge >= 0.3 is 0 Å². The molecule has 1 aliphatic heterocycles. The molecule has 1 fully saturated rings. The minimum absolute atomic E-state index is 0.383. The molecule has 0 aliphatic carbocycles. The van der Waals surface area contributed by atoms with Crippen LogP contribution in [0.15, 0.2) is 12.4 Å². The molecule has 0 unspecified atom stereocenters. The first-order valence-electron chi connectivity index (χ1n) is 10.4. The van der Waals surface area contributed by atoms with Crippen LogP contribution in [-0.4, -0.2) is 68.6 Å². The highest BCUT2D eigenvalue weighted by atomic mass is 16.5. The van der Waals surface area contributed by atoms with Gasteiger partial charge in [0.25, 0.3) is 0 Å². The number of hydrogen-bond acceptors (Lipinski definition) is 9. The zero-order valence-electron chi connectivity index (χ0n) is 18.0. The number of piperazine rings is 1. The highest BCUT2D eigenvalue weighted by molar-refractivity contribution is 5.90. The molecule has 0 amide bonds. The monoisotopic (exact) mass is 411 g/mol. The van der Waals surface area contributed by atoms with Crippen molar-refractivity contribution in [1.82, 2.24) is 35.0 Å². The van der Waals surface area contributed by atoms with Crippen LogP contribution < -0.4 is 15.5 Å². The molecule has 10 nitrogen and oxygen atoms in total. The van der Waals surface area contributed by atoms with Crippen LogP contribution in [-0.2, 0) is 11.3 Å². The molecular formula is C20H29N9O. The van der Waals surface area contributed by atoms with Crippen molar-refractivity contribution < 1.29 is 4.74 Å². The molecule has 160 valence electrons. The van der Waals surface area contributed by atoms with Gasteiger partial charge in [-0.05, 0) is 27.7 Å². The fraction of sp³-hybridized carbons (Fsp3) is 0.550. The van der Waals surface area contributed by atoms with Gasteiger partial charge in [0.2, 0.25) is 5.95 Å². The van der Waals surface area contributed by atoms with Gasteiger partial charge in [-0.15, -0.1) is 0 Å². The smallest absolute Gasteiger partial charge is 0.228 e. The molecule has 1 saturated heterocycles. The third-order valence-corrected chi connectivity index (χ3v) is 5.10. The Bertz CT molecular complexity index is 1020. The van der Waals surface area contributed by atoms with E-state index in [1.54, 1.807) is 6.33 Å². The largest absolute Gasteiger partial charge is 0.380 e. The molecule has 4 rings (SSSR count). The maximum absolute atomic E-state index is 5.54. The van der Waals surface area contributed by atoms with Crippen LogP contribution in [0, 0.1) is 13.8 Å². The van der Waals surface area contributed by atoms with Crippen LogP contribution >= 0.6 is 0 Å². The quantitative estimate of drug-likeness (QED) is 0.563. The Morgan fingerprint density at radius 3 is 2.90 bits per heavy atom. The summed E-state index contributed by atoms with van der Waals surface area (Å²) in [4.78, 5) is 20.5. The van der Waals surface area contributed by atoms with E-state index in [4.69, 9.17) is 19.8 Å². The molecule has 3 aromatic heterocycles. The van der Waals surface area contributed by atoms with E-state index in [2.05, 4.69) is 32.4 Å². The second-order valence-corrected chi connectivity index (χ2v) is 7.55. The lowest BCUT2D eigenvalue weighted by atomic mass is 10.2. The summed E-state index contributed by atoms with van der Waals surface area (Å²) in [6.45, 7) is 12.6. The lowest BCUT2D eigenvalue weighted by molar-refractivity contribution is 0.137. The predicted molar refractivity (Wildman–Crippen MR) is 116 cm³/mol. The van der Waals surface area contributed by atoms with E-state index in [0.717, 1.165) is 42.1 Å². The fourth-order valence-electron chi connectivity index (χ4n) is 3.66. The van der Waals surface area contributed by atoms with Crippen molar-refractivity contribution in [3.8, 4) is 0 Å². The van der Waals surface area contributed by atoms with Gasteiger partial charge in [0.15, 0.2) is 5.82 Å². The topological polar surface area (TPSA) is 106 Å². The van der Waals surface area contributed by atoms with Crippen LogP contribution in [0.3, 0.4) is 0 Å². The third-order valence-electron chi connectivity index (χ3n) is 5.10. The minimum atomic E-state index is 0.383. The lowest BCUT2D eigenvalue weighted by Gasteiger charge is -2.32. The maximum Gasteiger partial charge on any atom is 0.228 e. The number of ether oxygens (including phenoxy) is 1. The van der Waals surface area contributed by atoms with Gasteiger partial charge in [-0.2, -0.15) is 10.1 Å². The molecule has 0 saturated carbocycles. The summed E-state index contributed by atoms with van der Waals surface area (Å²) >= 11 is 0. The summed E-state index contributed by atoms with van der Waals surface area (Å²) < 4.78 is 7.46. The molecule has 0 radical (unpaired) electrons. The van der Waals surface area contributed by atoms with E-state index < -0.39 is 0 Å². The van der Waals surface area contributed by atoms with Crippen LogP contribution in [0.4, 0.5) is 17.6 Å². The van der Waals surface area contributed by atoms with E-state index in [1.807, 2.05) is 31.5 Å². The Labute approximate surface area is 176 Å². The number of hydrogen-bond donors (Lipinski definition) is 2. The van der Waals surface area contributed by atoms with Crippen molar-refractivity contribution in [2.75, 3.05) is 43.1 Å². The first kappa shape index (κ1) is 20.4. The van der Waals surface area contributed by atoms with Crippen LogP contribution in [0.2, 0.25) is 0 Å². The first-order chi connectivity index (χ1) is 14.5. The second-order valence-electron chi connectivity index (χ2n) is 7.55. The molecule has 1 atom stereocenters. The number of rotatable bonds is 7. The molecule has 4 heterocycles. The molecule has 0 bridgehead atoms. The van der Waals surface area contributed by atoms with E-state index in [0.29, 0.717) is 43.4 Å². The maximum atomic E-state index is 5.54. The van der Waals surface area contributed by atoms with Crippen molar-refractivity contribution in [2.24, 2.45) is 0 Å². The summed E-state index contributed by atoms with van der Waals surface area (Å²) in [5, 5.41) is 11.6. The van der Waals surface area contributed by atoms with Gasteiger partial charge in [-0.25, -0.2) is 15.0 Å². The lowest BCUT2D eigenvalue weighted by Crippen LogP contribution is -2.49. The number of nitrogens with one attached hydrogen (secondary N) is 2. The average molecular weight is 412 g/mol. The van der Waals surface area contributed by atoms with Crippen LogP contribution in [0.5, 0.6) is 0 Å². The molecule has 0 spiro atoms. The van der Waals surface area contributed by atoms with Crippen LogP contribution in [0.1, 0.15) is 25.2 Å². The molecule has 10 heteroatoms. The number of nitrogens with zero attached hydrogens (tertiary/aromatic N) is 7. The summed E-state index contributed by atoms with van der Waals surface area (Å²) in [5.41, 5.74) is 3.46. The summed E-state index contributed by atoms with van der Waals surface area (Å²) in [7, 11) is 0. The molecule has 3 aromatic rings. The Morgan fingerprint density at radius 2 is 2.13 bits per heavy atom. The van der Waals surface area contributed by atoms with Crippen molar-refractivity contribution in [3.05, 3.63) is 23.8 Å². The Hall–Kier alpha value is -2.85. The van der Waals surface area contributed by atoms with Gasteiger partial charge in [0.05, 0.1) is 18.8 Å².